The number of nitrogens with zero attached hydrogens (tertiary/aromatic N) is 1. The molecule has 2 heterocycles. The maximum atomic E-state index is 12.0. The molecule has 1 aliphatic carbocycles. The molecule has 0 spiro atoms. The van der Waals surface area contributed by atoms with Crippen molar-refractivity contribution in [3.8, 4) is 11.3 Å². The first kappa shape index (κ1) is 15.9. The van der Waals surface area contributed by atoms with Gasteiger partial charge in [-0.2, -0.15) is 0 Å². The zero-order valence-corrected chi connectivity index (χ0v) is 14.0. The molecule has 6 nitrogen and oxygen atoms in total. The standard InChI is InChI=1S/C19H21N3O3/c1-2-10-7-13(19(24)25)18(23)21-17(10)11-3-5-12(6-4-11)22-8-14-15(9-22)16(14)20/h3-7,14-16H,2,8-9,20H2,1H3,(H,21,23)(H,24,25)/t14-,15+,16-. The van der Waals surface area contributed by atoms with E-state index in [0.29, 0.717) is 30.0 Å². The summed E-state index contributed by atoms with van der Waals surface area (Å²) in [6.07, 6.45) is 0.640. The summed E-state index contributed by atoms with van der Waals surface area (Å²) in [5.74, 6) is 0.0567. The molecule has 1 aliphatic heterocycles. The van der Waals surface area contributed by atoms with Crippen molar-refractivity contribution in [2.24, 2.45) is 17.6 Å². The van der Waals surface area contributed by atoms with Gasteiger partial charge < -0.3 is 20.7 Å². The molecule has 0 bridgehead atoms. The Kier molecular flexibility index (Phi) is 3.65. The molecule has 4 N–H and O–H groups in total. The van der Waals surface area contributed by atoms with Crippen LogP contribution in [-0.4, -0.2) is 35.2 Å². The molecular weight excluding hydrogens is 318 g/mol. The molecule has 0 unspecified atom stereocenters. The summed E-state index contributed by atoms with van der Waals surface area (Å²) in [4.78, 5) is 28.2. The summed E-state index contributed by atoms with van der Waals surface area (Å²) in [6.45, 7) is 3.96. The normalized spacial score (nSPS) is 24.2. The first-order chi connectivity index (χ1) is 12.0. The molecule has 25 heavy (non-hydrogen) atoms. The highest BCUT2D eigenvalue weighted by Crippen LogP contribution is 2.45. The quantitative estimate of drug-likeness (QED) is 0.787. The van der Waals surface area contributed by atoms with Gasteiger partial charge in [0.05, 0.1) is 5.69 Å². The second-order valence-corrected chi connectivity index (χ2v) is 6.93. The van der Waals surface area contributed by atoms with Crippen LogP contribution in [0.2, 0.25) is 0 Å². The number of aromatic nitrogens is 1. The number of aryl methyl sites for hydroxylation is 1. The molecule has 0 amide bonds. The van der Waals surface area contributed by atoms with Crippen molar-refractivity contribution >= 4 is 11.7 Å². The minimum atomic E-state index is -1.20. The number of hydrogen-bond donors (Lipinski definition) is 3. The van der Waals surface area contributed by atoms with Crippen molar-refractivity contribution in [3.63, 3.8) is 0 Å². The second-order valence-electron chi connectivity index (χ2n) is 6.93. The Labute approximate surface area is 145 Å². The highest BCUT2D eigenvalue weighted by Gasteiger charge is 2.53. The molecule has 3 atom stereocenters. The SMILES string of the molecule is CCc1cc(C(=O)O)c(=O)[nH]c1-c1ccc(N2C[C@@H]3[C@H](N)[C@@H]3C2)cc1. The number of fused-ring (bicyclic) bond motifs is 1. The summed E-state index contributed by atoms with van der Waals surface area (Å²) in [6, 6.07) is 9.90. The zero-order valence-electron chi connectivity index (χ0n) is 14.0. The van der Waals surface area contributed by atoms with Gasteiger partial charge in [-0.05, 0) is 47.6 Å². The van der Waals surface area contributed by atoms with Gasteiger partial charge in [0.1, 0.15) is 5.56 Å². The fraction of sp³-hybridized carbons (Fsp3) is 0.368. The van der Waals surface area contributed by atoms with Crippen LogP contribution in [0.5, 0.6) is 0 Å². The van der Waals surface area contributed by atoms with Crippen LogP contribution in [0.1, 0.15) is 22.8 Å². The van der Waals surface area contributed by atoms with Crippen molar-refractivity contribution < 1.29 is 9.90 Å². The van der Waals surface area contributed by atoms with E-state index in [0.717, 1.165) is 29.9 Å². The Balaban J connectivity index is 1.63. The predicted octanol–water partition coefficient (Wildman–Crippen LogP) is 1.70. The molecular formula is C19H21N3O3. The smallest absolute Gasteiger partial charge is 0.341 e. The second kappa shape index (κ2) is 5.74. The third-order valence-electron chi connectivity index (χ3n) is 5.52. The number of aromatic carboxylic acids is 1. The lowest BCUT2D eigenvalue weighted by Crippen LogP contribution is -2.27. The van der Waals surface area contributed by atoms with Crippen LogP contribution in [0.3, 0.4) is 0 Å². The molecule has 1 saturated heterocycles. The third-order valence-corrected chi connectivity index (χ3v) is 5.52. The maximum Gasteiger partial charge on any atom is 0.341 e. The summed E-state index contributed by atoms with van der Waals surface area (Å²) in [5.41, 5.74) is 8.75. The fourth-order valence-electron chi connectivity index (χ4n) is 3.89. The van der Waals surface area contributed by atoms with Gasteiger partial charge >= 0.3 is 5.97 Å². The Hall–Kier alpha value is -2.60. The number of aromatic amines is 1. The van der Waals surface area contributed by atoms with E-state index in [9.17, 15) is 9.59 Å². The summed E-state index contributed by atoms with van der Waals surface area (Å²) in [5, 5.41) is 9.11. The van der Waals surface area contributed by atoms with Gasteiger partial charge in [0.2, 0.25) is 0 Å². The summed E-state index contributed by atoms with van der Waals surface area (Å²) >= 11 is 0. The van der Waals surface area contributed by atoms with E-state index in [1.54, 1.807) is 0 Å². The van der Waals surface area contributed by atoms with Gasteiger partial charge in [-0.25, -0.2) is 4.79 Å². The number of piperidine rings is 1. The van der Waals surface area contributed by atoms with E-state index < -0.39 is 11.5 Å². The van der Waals surface area contributed by atoms with Crippen LogP contribution in [0, 0.1) is 11.8 Å². The van der Waals surface area contributed by atoms with Gasteiger partial charge in [0.15, 0.2) is 0 Å². The van der Waals surface area contributed by atoms with Crippen LogP contribution in [0.25, 0.3) is 11.3 Å². The molecule has 6 heteroatoms. The van der Waals surface area contributed by atoms with Crippen molar-refractivity contribution in [2.75, 3.05) is 18.0 Å². The molecule has 130 valence electrons. The van der Waals surface area contributed by atoms with E-state index in [1.165, 1.54) is 6.07 Å². The zero-order chi connectivity index (χ0) is 17.7. The lowest BCUT2D eigenvalue weighted by atomic mass is 10.0. The molecule has 4 rings (SSSR count). The number of H-pyrrole nitrogens is 1. The molecule has 1 aromatic heterocycles. The number of anilines is 1. The number of rotatable bonds is 4. The number of hydrogen-bond acceptors (Lipinski definition) is 4. The van der Waals surface area contributed by atoms with Crippen molar-refractivity contribution in [3.05, 3.63) is 51.8 Å². The number of carboxylic acid groups (broad SMARTS) is 1. The van der Waals surface area contributed by atoms with E-state index in [2.05, 4.69) is 22.0 Å². The number of nitrogens with two attached hydrogens (primary N) is 1. The first-order valence-electron chi connectivity index (χ1n) is 8.60. The Morgan fingerprint density at radius 2 is 1.92 bits per heavy atom. The highest BCUT2D eigenvalue weighted by atomic mass is 16.4. The van der Waals surface area contributed by atoms with Crippen LogP contribution in [-0.2, 0) is 6.42 Å². The van der Waals surface area contributed by atoms with Crippen molar-refractivity contribution in [2.45, 2.75) is 19.4 Å². The Bertz CT molecular complexity index is 876. The first-order valence-corrected chi connectivity index (χ1v) is 8.60. The van der Waals surface area contributed by atoms with E-state index in [-0.39, 0.29) is 5.56 Å². The monoisotopic (exact) mass is 339 g/mol. The van der Waals surface area contributed by atoms with Gasteiger partial charge in [0, 0.05) is 24.8 Å². The molecule has 2 fully saturated rings. The third kappa shape index (κ3) is 2.62. The maximum absolute atomic E-state index is 12.0. The van der Waals surface area contributed by atoms with Gasteiger partial charge in [-0.3, -0.25) is 4.79 Å². The number of carboxylic acids is 1. The van der Waals surface area contributed by atoms with Gasteiger partial charge in [0.25, 0.3) is 5.56 Å². The lowest BCUT2D eigenvalue weighted by molar-refractivity contribution is 0.0695. The van der Waals surface area contributed by atoms with Crippen LogP contribution in [0.4, 0.5) is 5.69 Å². The van der Waals surface area contributed by atoms with E-state index in [4.69, 9.17) is 10.8 Å². The average Bonchev–Trinajstić information content (AvgIpc) is 3.02. The minimum absolute atomic E-state index is 0.218. The Morgan fingerprint density at radius 1 is 1.28 bits per heavy atom. The van der Waals surface area contributed by atoms with Crippen molar-refractivity contribution in [1.82, 2.24) is 4.98 Å². The predicted molar refractivity (Wildman–Crippen MR) is 96.0 cm³/mol. The molecule has 1 aromatic carbocycles. The van der Waals surface area contributed by atoms with Crippen LogP contribution < -0.4 is 16.2 Å². The van der Waals surface area contributed by atoms with Gasteiger partial charge in [-0.15, -0.1) is 0 Å². The topological polar surface area (TPSA) is 99.4 Å². The molecule has 1 saturated carbocycles. The number of nitrogens with one attached hydrogen (secondary N) is 1. The molecule has 0 radical (unpaired) electrons. The van der Waals surface area contributed by atoms with Crippen LogP contribution >= 0.6 is 0 Å². The average molecular weight is 339 g/mol. The summed E-state index contributed by atoms with van der Waals surface area (Å²) in [7, 11) is 0. The van der Waals surface area contributed by atoms with E-state index in [1.807, 2.05) is 19.1 Å². The van der Waals surface area contributed by atoms with Crippen molar-refractivity contribution in [1.29, 1.82) is 0 Å². The highest BCUT2D eigenvalue weighted by molar-refractivity contribution is 5.88. The molecule has 2 aliphatic rings. The largest absolute Gasteiger partial charge is 0.477 e. The fourth-order valence-corrected chi connectivity index (χ4v) is 3.89. The Morgan fingerprint density at radius 3 is 2.48 bits per heavy atom. The van der Waals surface area contributed by atoms with E-state index >= 15 is 0 Å². The number of benzene rings is 1. The number of carbonyl (C=O) groups is 1. The van der Waals surface area contributed by atoms with Crippen LogP contribution in [0.15, 0.2) is 35.1 Å². The lowest BCUT2D eigenvalue weighted by Gasteiger charge is -2.21. The molecule has 2 aromatic rings. The number of pyridine rings is 1. The summed E-state index contributed by atoms with van der Waals surface area (Å²) < 4.78 is 0. The minimum Gasteiger partial charge on any atom is -0.477 e. The van der Waals surface area contributed by atoms with Gasteiger partial charge in [-0.1, -0.05) is 19.1 Å².